The molecule has 0 aliphatic heterocycles. The molecule has 0 spiro atoms. The van der Waals surface area contributed by atoms with Crippen molar-refractivity contribution in [1.29, 1.82) is 0 Å². The van der Waals surface area contributed by atoms with E-state index in [9.17, 15) is 0 Å². The van der Waals surface area contributed by atoms with Gasteiger partial charge in [-0.3, -0.25) is 0 Å². The molecular weight excluding hydrogens is 332 g/mol. The van der Waals surface area contributed by atoms with Crippen molar-refractivity contribution in [2.75, 3.05) is 5.33 Å². The third-order valence-corrected chi connectivity index (χ3v) is 4.16. The Morgan fingerprint density at radius 2 is 1.00 bits per heavy atom. The van der Waals surface area contributed by atoms with Gasteiger partial charge in [-0.25, -0.2) is 0 Å². The average molecular weight is 367 g/mol. The lowest BCUT2D eigenvalue weighted by Crippen LogP contribution is -1.81. The summed E-state index contributed by atoms with van der Waals surface area (Å²) < 4.78 is 0. The maximum Gasteiger partial charge on any atom is 0.00684 e. The molecule has 126 valence electrons. The van der Waals surface area contributed by atoms with Crippen LogP contribution in [0, 0.1) is 0 Å². The molecule has 0 aromatic heterocycles. The van der Waals surface area contributed by atoms with Crippen molar-refractivity contribution in [3.05, 3.63) is 46.6 Å². The van der Waals surface area contributed by atoms with Crippen molar-refractivity contribution < 1.29 is 0 Å². The molecule has 0 radical (unpaired) electrons. The first kappa shape index (κ1) is 21.4. The highest BCUT2D eigenvalue weighted by Crippen LogP contribution is 2.13. The van der Waals surface area contributed by atoms with E-state index in [4.69, 9.17) is 0 Å². The highest BCUT2D eigenvalue weighted by atomic mass is 79.9. The molecule has 0 unspecified atom stereocenters. The van der Waals surface area contributed by atoms with E-state index in [1.807, 2.05) is 0 Å². The van der Waals surface area contributed by atoms with Gasteiger partial charge in [0.05, 0.1) is 0 Å². The van der Waals surface area contributed by atoms with Gasteiger partial charge >= 0.3 is 0 Å². The molecule has 0 atom stereocenters. The highest BCUT2D eigenvalue weighted by molar-refractivity contribution is 9.09. The van der Waals surface area contributed by atoms with Gasteiger partial charge in [0.25, 0.3) is 0 Å². The van der Waals surface area contributed by atoms with Gasteiger partial charge in [-0.05, 0) is 79.6 Å². The van der Waals surface area contributed by atoms with E-state index in [1.54, 1.807) is 0 Å². The fourth-order valence-corrected chi connectivity index (χ4v) is 2.87. The van der Waals surface area contributed by atoms with Crippen molar-refractivity contribution in [1.82, 2.24) is 0 Å². The molecule has 0 heterocycles. The molecule has 0 aromatic carbocycles. The van der Waals surface area contributed by atoms with Crippen LogP contribution in [-0.4, -0.2) is 5.33 Å². The standard InChI is InChI=1S/C21H35Br/c1-18(2)10-8-13-20(4)15-9-14-19(3)11-6-7-12-21(5)16-17-22/h10-12,15H,6-9,13-14,16-17H2,1-5H3/b19-11+,20-15+,21-12+. The van der Waals surface area contributed by atoms with Gasteiger partial charge in [-0.2, -0.15) is 0 Å². The van der Waals surface area contributed by atoms with Gasteiger partial charge < -0.3 is 0 Å². The first-order valence-electron chi connectivity index (χ1n) is 8.62. The lowest BCUT2D eigenvalue weighted by atomic mass is 10.1. The smallest absolute Gasteiger partial charge is 0.00684 e. The van der Waals surface area contributed by atoms with Gasteiger partial charge in [0.15, 0.2) is 0 Å². The first-order valence-corrected chi connectivity index (χ1v) is 9.74. The summed E-state index contributed by atoms with van der Waals surface area (Å²) in [7, 11) is 0. The molecule has 0 aliphatic rings. The van der Waals surface area contributed by atoms with E-state index >= 15 is 0 Å². The molecule has 0 aromatic rings. The summed E-state index contributed by atoms with van der Waals surface area (Å²) in [6.45, 7) is 11.1. The normalized spacial score (nSPS) is 13.5. The summed E-state index contributed by atoms with van der Waals surface area (Å²) in [6, 6.07) is 0. The molecule has 0 N–H and O–H groups in total. The Kier molecular flexibility index (Phi) is 13.7. The van der Waals surface area contributed by atoms with Crippen LogP contribution in [-0.2, 0) is 0 Å². The summed E-state index contributed by atoms with van der Waals surface area (Å²) in [4.78, 5) is 0. The molecule has 0 saturated heterocycles. The van der Waals surface area contributed by atoms with Gasteiger partial charge in [0, 0.05) is 5.33 Å². The third kappa shape index (κ3) is 14.4. The maximum atomic E-state index is 3.48. The minimum Gasteiger partial charge on any atom is -0.0925 e. The Balaban J connectivity index is 3.92. The van der Waals surface area contributed by atoms with Crippen LogP contribution in [0.15, 0.2) is 46.6 Å². The van der Waals surface area contributed by atoms with E-state index in [-0.39, 0.29) is 0 Å². The number of allylic oxidation sites excluding steroid dienone is 8. The number of halogens is 1. The molecule has 0 rings (SSSR count). The predicted octanol–water partition coefficient (Wildman–Crippen LogP) is 7.92. The molecular formula is C21H35Br. The zero-order chi connectivity index (χ0) is 16.8. The predicted molar refractivity (Wildman–Crippen MR) is 107 cm³/mol. The molecule has 1 heteroatoms. The van der Waals surface area contributed by atoms with E-state index in [1.165, 1.54) is 67.2 Å². The van der Waals surface area contributed by atoms with E-state index in [0.717, 1.165) is 5.33 Å². The second-order valence-electron chi connectivity index (χ2n) is 6.53. The van der Waals surface area contributed by atoms with Crippen LogP contribution >= 0.6 is 15.9 Å². The monoisotopic (exact) mass is 366 g/mol. The van der Waals surface area contributed by atoms with Crippen LogP contribution in [0.2, 0.25) is 0 Å². The SMILES string of the molecule is CC(C)=CCC/C(C)=C/CC/C(C)=C/CC/C=C(\C)CCBr. The second kappa shape index (κ2) is 14.1. The second-order valence-corrected chi connectivity index (χ2v) is 7.32. The fourth-order valence-electron chi connectivity index (χ4n) is 2.25. The molecule has 22 heavy (non-hydrogen) atoms. The van der Waals surface area contributed by atoms with Crippen LogP contribution in [0.4, 0.5) is 0 Å². The Morgan fingerprint density at radius 1 is 0.591 bits per heavy atom. The summed E-state index contributed by atoms with van der Waals surface area (Å²) in [6.07, 6.45) is 17.8. The Bertz CT molecular complexity index is 404. The maximum absolute atomic E-state index is 3.48. The van der Waals surface area contributed by atoms with E-state index in [2.05, 4.69) is 74.9 Å². The average Bonchev–Trinajstić information content (AvgIpc) is 2.43. The van der Waals surface area contributed by atoms with Gasteiger partial charge in [-0.1, -0.05) is 62.5 Å². The van der Waals surface area contributed by atoms with Crippen molar-refractivity contribution in [3.8, 4) is 0 Å². The zero-order valence-electron chi connectivity index (χ0n) is 15.3. The minimum atomic E-state index is 1.07. The minimum absolute atomic E-state index is 1.07. The lowest BCUT2D eigenvalue weighted by Gasteiger charge is -2.02. The van der Waals surface area contributed by atoms with E-state index in [0.29, 0.717) is 0 Å². The Labute approximate surface area is 147 Å². The molecule has 0 fully saturated rings. The zero-order valence-corrected chi connectivity index (χ0v) is 16.9. The van der Waals surface area contributed by atoms with Crippen molar-refractivity contribution in [3.63, 3.8) is 0 Å². The lowest BCUT2D eigenvalue weighted by molar-refractivity contribution is 0.905. The summed E-state index contributed by atoms with van der Waals surface area (Å²) in [5.74, 6) is 0. The largest absolute Gasteiger partial charge is 0.0925 e. The molecule has 0 bridgehead atoms. The van der Waals surface area contributed by atoms with Crippen molar-refractivity contribution in [2.24, 2.45) is 0 Å². The van der Waals surface area contributed by atoms with Crippen LogP contribution in [0.3, 0.4) is 0 Å². The van der Waals surface area contributed by atoms with Crippen LogP contribution < -0.4 is 0 Å². The van der Waals surface area contributed by atoms with Gasteiger partial charge in [-0.15, -0.1) is 0 Å². The quantitative estimate of drug-likeness (QED) is 0.198. The van der Waals surface area contributed by atoms with Gasteiger partial charge in [0.2, 0.25) is 0 Å². The van der Waals surface area contributed by atoms with Gasteiger partial charge in [0.1, 0.15) is 0 Å². The van der Waals surface area contributed by atoms with Crippen LogP contribution in [0.5, 0.6) is 0 Å². The van der Waals surface area contributed by atoms with Crippen LogP contribution in [0.1, 0.15) is 79.6 Å². The number of hydrogen-bond acceptors (Lipinski definition) is 0. The van der Waals surface area contributed by atoms with Crippen molar-refractivity contribution >= 4 is 15.9 Å². The number of unbranched alkanes of at least 4 members (excludes halogenated alkanes) is 1. The first-order chi connectivity index (χ1) is 10.5. The Morgan fingerprint density at radius 3 is 1.45 bits per heavy atom. The molecule has 0 aliphatic carbocycles. The molecule has 0 amide bonds. The Hall–Kier alpha value is -0.560. The third-order valence-electron chi connectivity index (χ3n) is 3.76. The number of rotatable bonds is 11. The highest BCUT2D eigenvalue weighted by Gasteiger charge is 1.92. The summed E-state index contributed by atoms with van der Waals surface area (Å²) in [5, 5.41) is 1.07. The summed E-state index contributed by atoms with van der Waals surface area (Å²) >= 11 is 3.48. The number of alkyl halides is 1. The van der Waals surface area contributed by atoms with E-state index < -0.39 is 0 Å². The molecule has 0 nitrogen and oxygen atoms in total. The van der Waals surface area contributed by atoms with Crippen molar-refractivity contribution in [2.45, 2.75) is 79.6 Å². The fraction of sp³-hybridized carbons (Fsp3) is 0.619. The molecule has 0 saturated carbocycles. The number of hydrogen-bond donors (Lipinski definition) is 0. The van der Waals surface area contributed by atoms with Crippen LogP contribution in [0.25, 0.3) is 0 Å². The topological polar surface area (TPSA) is 0 Å². The summed E-state index contributed by atoms with van der Waals surface area (Å²) in [5.41, 5.74) is 5.98.